The number of carbonyl (C=O) groups is 1. The average molecular weight is 312 g/mol. The summed E-state index contributed by atoms with van der Waals surface area (Å²) in [6.45, 7) is 3.24. The van der Waals surface area contributed by atoms with Gasteiger partial charge in [-0.15, -0.1) is 0 Å². The second-order valence-corrected chi connectivity index (χ2v) is 6.91. The zero-order valence-electron chi connectivity index (χ0n) is 13.9. The number of nitrogens with zero attached hydrogens (tertiary/aromatic N) is 1. The molecule has 0 bridgehead atoms. The van der Waals surface area contributed by atoms with Crippen LogP contribution in [0.4, 0.5) is 0 Å². The van der Waals surface area contributed by atoms with E-state index in [-0.39, 0.29) is 5.91 Å². The highest BCUT2D eigenvalue weighted by Gasteiger charge is 2.26. The van der Waals surface area contributed by atoms with E-state index in [9.17, 15) is 4.79 Å². The minimum absolute atomic E-state index is 0.0204. The molecule has 1 heterocycles. The maximum atomic E-state index is 11.9. The Morgan fingerprint density at radius 2 is 1.78 bits per heavy atom. The van der Waals surface area contributed by atoms with Crippen LogP contribution in [0.15, 0.2) is 36.4 Å². The molecule has 0 spiro atoms. The first-order valence-electron chi connectivity index (χ1n) is 9.06. The molecule has 1 amide bonds. The summed E-state index contributed by atoms with van der Waals surface area (Å²) in [5.74, 6) is 0.661. The molecule has 0 radical (unpaired) electrons. The van der Waals surface area contributed by atoms with E-state index in [1.54, 1.807) is 6.08 Å². The minimum Gasteiger partial charge on any atom is -0.352 e. The van der Waals surface area contributed by atoms with Crippen molar-refractivity contribution in [2.75, 3.05) is 19.6 Å². The molecule has 1 N–H and O–H groups in total. The van der Waals surface area contributed by atoms with Crippen molar-refractivity contribution in [1.29, 1.82) is 0 Å². The van der Waals surface area contributed by atoms with Crippen molar-refractivity contribution in [1.82, 2.24) is 10.2 Å². The van der Waals surface area contributed by atoms with Crippen LogP contribution in [0.2, 0.25) is 0 Å². The molecular formula is C20H28N2O. The molecule has 3 heteroatoms. The normalized spacial score (nSPS) is 21.0. The Balaban J connectivity index is 1.36. The number of benzene rings is 1. The van der Waals surface area contributed by atoms with E-state index in [2.05, 4.69) is 10.2 Å². The molecule has 1 saturated heterocycles. The van der Waals surface area contributed by atoms with E-state index in [1.807, 2.05) is 36.4 Å². The molecule has 2 fully saturated rings. The summed E-state index contributed by atoms with van der Waals surface area (Å²) in [5.41, 5.74) is 1.06. The van der Waals surface area contributed by atoms with Crippen LogP contribution in [0.3, 0.4) is 0 Å². The van der Waals surface area contributed by atoms with E-state index in [0.29, 0.717) is 5.92 Å². The Morgan fingerprint density at radius 3 is 2.48 bits per heavy atom. The third-order valence-electron chi connectivity index (χ3n) is 5.28. The molecule has 2 aliphatic rings. The lowest BCUT2D eigenvalue weighted by Gasteiger charge is -2.36. The van der Waals surface area contributed by atoms with Gasteiger partial charge in [0, 0.05) is 18.7 Å². The lowest BCUT2D eigenvalue weighted by molar-refractivity contribution is -0.116. The first-order valence-corrected chi connectivity index (χ1v) is 9.06. The van der Waals surface area contributed by atoms with Gasteiger partial charge >= 0.3 is 0 Å². The highest BCUT2D eigenvalue weighted by Crippen LogP contribution is 2.27. The van der Waals surface area contributed by atoms with Crippen LogP contribution in [-0.2, 0) is 4.79 Å². The quantitative estimate of drug-likeness (QED) is 0.844. The molecule has 1 aliphatic carbocycles. The second kappa shape index (κ2) is 8.30. The molecule has 23 heavy (non-hydrogen) atoms. The molecule has 0 aromatic heterocycles. The maximum absolute atomic E-state index is 11.9. The Bertz CT molecular complexity index is 512. The van der Waals surface area contributed by atoms with Crippen molar-refractivity contribution >= 4 is 12.0 Å². The number of nitrogens with one attached hydrogen (secondary N) is 1. The number of rotatable bonds is 5. The smallest absolute Gasteiger partial charge is 0.244 e. The predicted octanol–water partition coefficient (Wildman–Crippen LogP) is 3.47. The molecule has 3 rings (SSSR count). The van der Waals surface area contributed by atoms with Gasteiger partial charge in [0.25, 0.3) is 0 Å². The van der Waals surface area contributed by atoms with Crippen molar-refractivity contribution in [3.8, 4) is 0 Å². The van der Waals surface area contributed by atoms with Gasteiger partial charge in [0.2, 0.25) is 5.91 Å². The summed E-state index contributed by atoms with van der Waals surface area (Å²) < 4.78 is 0. The first kappa shape index (κ1) is 16.3. The molecule has 1 aromatic carbocycles. The van der Waals surface area contributed by atoms with Gasteiger partial charge in [0.05, 0.1) is 0 Å². The van der Waals surface area contributed by atoms with Gasteiger partial charge in [-0.1, -0.05) is 43.2 Å². The summed E-state index contributed by atoms with van der Waals surface area (Å²) in [5, 5.41) is 3.06. The number of amides is 1. The number of likely N-dealkylation sites (tertiary alicyclic amines) is 1. The van der Waals surface area contributed by atoms with Gasteiger partial charge in [-0.3, -0.25) is 4.79 Å². The van der Waals surface area contributed by atoms with Crippen LogP contribution in [0.25, 0.3) is 6.08 Å². The van der Waals surface area contributed by atoms with Crippen molar-refractivity contribution < 1.29 is 4.79 Å². The van der Waals surface area contributed by atoms with Crippen LogP contribution in [0.1, 0.15) is 44.1 Å². The van der Waals surface area contributed by atoms with Gasteiger partial charge in [-0.25, -0.2) is 0 Å². The Labute approximate surface area is 139 Å². The first-order chi connectivity index (χ1) is 11.3. The molecular weight excluding hydrogens is 284 g/mol. The highest BCUT2D eigenvalue weighted by molar-refractivity contribution is 5.91. The van der Waals surface area contributed by atoms with Gasteiger partial charge in [-0.05, 0) is 56.3 Å². The van der Waals surface area contributed by atoms with Crippen molar-refractivity contribution in [2.45, 2.75) is 44.6 Å². The summed E-state index contributed by atoms with van der Waals surface area (Å²) in [4.78, 5) is 14.6. The van der Waals surface area contributed by atoms with Crippen molar-refractivity contribution in [2.24, 2.45) is 5.92 Å². The van der Waals surface area contributed by atoms with Crippen LogP contribution in [-0.4, -0.2) is 36.5 Å². The third kappa shape index (κ3) is 4.93. The lowest BCUT2D eigenvalue weighted by atomic mass is 9.95. The molecule has 1 aromatic rings. The zero-order valence-corrected chi connectivity index (χ0v) is 13.9. The van der Waals surface area contributed by atoms with Crippen LogP contribution in [0.5, 0.6) is 0 Å². The number of piperidine rings is 1. The van der Waals surface area contributed by atoms with Gasteiger partial charge in [-0.2, -0.15) is 0 Å². The number of hydrogen-bond acceptors (Lipinski definition) is 2. The van der Waals surface area contributed by atoms with E-state index < -0.39 is 0 Å². The van der Waals surface area contributed by atoms with Crippen LogP contribution in [0, 0.1) is 5.92 Å². The maximum Gasteiger partial charge on any atom is 0.244 e. The SMILES string of the molecule is O=C(/C=C/c1ccccc1)NCC1CCN(C2CCCC2)CC1. The standard InChI is InChI=1S/C20H28N2O/c23-20(11-10-17-6-2-1-3-7-17)21-16-18-12-14-22(15-13-18)19-8-4-5-9-19/h1-3,6-7,10-11,18-19H,4-5,8-9,12-16H2,(H,21,23)/b11-10+. The molecule has 124 valence electrons. The van der Waals surface area contributed by atoms with E-state index in [0.717, 1.165) is 18.2 Å². The zero-order chi connectivity index (χ0) is 15.9. The molecule has 3 nitrogen and oxygen atoms in total. The Kier molecular flexibility index (Phi) is 5.87. The summed E-state index contributed by atoms with van der Waals surface area (Å²) >= 11 is 0. The minimum atomic E-state index is 0.0204. The largest absolute Gasteiger partial charge is 0.352 e. The summed E-state index contributed by atoms with van der Waals surface area (Å²) in [7, 11) is 0. The molecule has 1 aliphatic heterocycles. The van der Waals surface area contributed by atoms with Crippen LogP contribution < -0.4 is 5.32 Å². The van der Waals surface area contributed by atoms with E-state index in [1.165, 1.54) is 51.6 Å². The van der Waals surface area contributed by atoms with Crippen molar-refractivity contribution in [3.63, 3.8) is 0 Å². The Morgan fingerprint density at radius 1 is 1.09 bits per heavy atom. The van der Waals surface area contributed by atoms with Gasteiger partial charge < -0.3 is 10.2 Å². The lowest BCUT2D eigenvalue weighted by Crippen LogP contribution is -2.42. The molecule has 1 saturated carbocycles. The fourth-order valence-electron chi connectivity index (χ4n) is 3.83. The molecule has 0 atom stereocenters. The van der Waals surface area contributed by atoms with E-state index in [4.69, 9.17) is 0 Å². The summed E-state index contributed by atoms with van der Waals surface area (Å²) in [6, 6.07) is 10.8. The number of hydrogen-bond donors (Lipinski definition) is 1. The summed E-state index contributed by atoms with van der Waals surface area (Å²) in [6.07, 6.45) is 11.6. The number of carbonyl (C=O) groups excluding carboxylic acids is 1. The van der Waals surface area contributed by atoms with Gasteiger partial charge in [0.1, 0.15) is 0 Å². The fourth-order valence-corrected chi connectivity index (χ4v) is 3.83. The fraction of sp³-hybridized carbons (Fsp3) is 0.550. The highest BCUT2D eigenvalue weighted by atomic mass is 16.1. The Hall–Kier alpha value is -1.61. The monoisotopic (exact) mass is 312 g/mol. The predicted molar refractivity (Wildman–Crippen MR) is 95.0 cm³/mol. The average Bonchev–Trinajstić information content (AvgIpc) is 3.14. The van der Waals surface area contributed by atoms with Crippen LogP contribution >= 0.6 is 0 Å². The molecule has 0 unspecified atom stereocenters. The van der Waals surface area contributed by atoms with Gasteiger partial charge in [0.15, 0.2) is 0 Å². The van der Waals surface area contributed by atoms with E-state index >= 15 is 0 Å². The topological polar surface area (TPSA) is 32.3 Å². The van der Waals surface area contributed by atoms with Crippen molar-refractivity contribution in [3.05, 3.63) is 42.0 Å². The second-order valence-electron chi connectivity index (χ2n) is 6.91. The third-order valence-corrected chi connectivity index (χ3v) is 5.28.